The number of aromatic nitrogens is 5. The topological polar surface area (TPSA) is 108 Å². The molecule has 2 aromatic carbocycles. The van der Waals surface area contributed by atoms with E-state index in [0.717, 1.165) is 16.9 Å². The molecule has 0 spiro atoms. The van der Waals surface area contributed by atoms with Gasteiger partial charge in [-0.15, -0.1) is 20.4 Å². The molecule has 0 aliphatic heterocycles. The van der Waals surface area contributed by atoms with Crippen molar-refractivity contribution in [2.75, 3.05) is 7.11 Å². The molecular formula is C23H23ClN6O3S. The maximum Gasteiger partial charge on any atom is 0.247 e. The summed E-state index contributed by atoms with van der Waals surface area (Å²) in [6.45, 7) is 1.88. The van der Waals surface area contributed by atoms with Crippen LogP contribution in [-0.4, -0.2) is 38.0 Å². The predicted octanol–water partition coefficient (Wildman–Crippen LogP) is 4.24. The Morgan fingerprint density at radius 1 is 1.12 bits per heavy atom. The molecule has 4 rings (SSSR count). The molecule has 11 heteroatoms. The average molecular weight is 499 g/mol. The highest BCUT2D eigenvalue weighted by atomic mass is 35.5. The van der Waals surface area contributed by atoms with Crippen molar-refractivity contribution in [3.8, 4) is 17.2 Å². The number of carbonyl (C=O) groups excluding carboxylic acids is 1. The Morgan fingerprint density at radius 3 is 2.56 bits per heavy atom. The third-order valence-corrected chi connectivity index (χ3v) is 6.30. The lowest BCUT2D eigenvalue weighted by atomic mass is 10.1. The van der Waals surface area contributed by atoms with E-state index in [-0.39, 0.29) is 18.4 Å². The number of nitrogens with one attached hydrogen (secondary N) is 1. The molecule has 176 valence electrons. The summed E-state index contributed by atoms with van der Waals surface area (Å²) < 4.78 is 12.7. The average Bonchev–Trinajstić information content (AvgIpc) is 3.45. The van der Waals surface area contributed by atoms with Gasteiger partial charge >= 0.3 is 0 Å². The molecule has 0 bridgehead atoms. The number of ether oxygens (including phenoxy) is 1. The molecule has 1 amide bonds. The minimum absolute atomic E-state index is 0.101. The largest absolute Gasteiger partial charge is 0.497 e. The monoisotopic (exact) mass is 498 g/mol. The summed E-state index contributed by atoms with van der Waals surface area (Å²) in [5.41, 5.74) is 1.70. The van der Waals surface area contributed by atoms with E-state index in [4.69, 9.17) is 20.8 Å². The second-order valence-corrected chi connectivity index (χ2v) is 8.89. The van der Waals surface area contributed by atoms with Gasteiger partial charge in [-0.05, 0) is 48.9 Å². The first-order valence-corrected chi connectivity index (χ1v) is 11.8. The van der Waals surface area contributed by atoms with E-state index in [1.54, 1.807) is 19.2 Å². The Balaban J connectivity index is 1.33. The van der Waals surface area contributed by atoms with Crippen molar-refractivity contribution >= 4 is 29.3 Å². The standard InChI is InChI=1S/C23H23ClN6O3S/c1-14(25-19(31)12-15-4-10-18(32-3)11-5-15)21-27-29-23(30(21)2)34-13-20-26-28-22(33-20)16-6-8-17(24)9-7-16/h4-11,14H,12-13H2,1-3H3,(H,25,31). The highest BCUT2D eigenvalue weighted by molar-refractivity contribution is 7.98. The summed E-state index contributed by atoms with van der Waals surface area (Å²) in [5, 5.41) is 21.0. The van der Waals surface area contributed by atoms with E-state index in [0.29, 0.717) is 33.5 Å². The Labute approximate surface area is 205 Å². The Bertz CT molecular complexity index is 1260. The van der Waals surface area contributed by atoms with Crippen LogP contribution in [0.15, 0.2) is 58.1 Å². The number of amides is 1. The summed E-state index contributed by atoms with van der Waals surface area (Å²) in [4.78, 5) is 12.5. The van der Waals surface area contributed by atoms with Crippen molar-refractivity contribution in [1.82, 2.24) is 30.3 Å². The van der Waals surface area contributed by atoms with Crippen LogP contribution < -0.4 is 10.1 Å². The van der Waals surface area contributed by atoms with Gasteiger partial charge in [0.05, 0.1) is 25.3 Å². The highest BCUT2D eigenvalue weighted by Gasteiger charge is 2.19. The van der Waals surface area contributed by atoms with Crippen LogP contribution in [0.25, 0.3) is 11.5 Å². The molecule has 2 aromatic heterocycles. The lowest BCUT2D eigenvalue weighted by molar-refractivity contribution is -0.121. The number of nitrogens with zero attached hydrogens (tertiary/aromatic N) is 5. The lowest BCUT2D eigenvalue weighted by Gasteiger charge is -2.13. The molecule has 9 nitrogen and oxygen atoms in total. The molecule has 0 saturated heterocycles. The van der Waals surface area contributed by atoms with Crippen LogP contribution >= 0.6 is 23.4 Å². The SMILES string of the molecule is COc1ccc(CC(=O)NC(C)c2nnc(SCc3nnc(-c4ccc(Cl)cc4)o3)n2C)cc1. The molecule has 4 aromatic rings. The molecule has 0 fully saturated rings. The zero-order chi connectivity index (χ0) is 24.1. The van der Waals surface area contributed by atoms with Crippen molar-refractivity contribution in [3.63, 3.8) is 0 Å². The van der Waals surface area contributed by atoms with E-state index in [1.807, 2.05) is 54.9 Å². The Hall–Kier alpha value is -3.37. The summed E-state index contributed by atoms with van der Waals surface area (Å²) in [6, 6.07) is 14.3. The molecule has 0 aliphatic carbocycles. The molecule has 0 radical (unpaired) electrons. The molecule has 1 N–H and O–H groups in total. The van der Waals surface area contributed by atoms with Crippen LogP contribution in [-0.2, 0) is 24.0 Å². The van der Waals surface area contributed by atoms with E-state index in [1.165, 1.54) is 11.8 Å². The van der Waals surface area contributed by atoms with Crippen LogP contribution in [0, 0.1) is 0 Å². The maximum absolute atomic E-state index is 12.5. The van der Waals surface area contributed by atoms with E-state index < -0.39 is 0 Å². The van der Waals surface area contributed by atoms with Gasteiger partial charge in [-0.1, -0.05) is 35.5 Å². The van der Waals surface area contributed by atoms with Crippen molar-refractivity contribution in [2.24, 2.45) is 7.05 Å². The number of benzene rings is 2. The number of halogens is 1. The van der Waals surface area contributed by atoms with Crippen molar-refractivity contribution in [2.45, 2.75) is 30.3 Å². The number of methoxy groups -OCH3 is 1. The zero-order valence-electron chi connectivity index (χ0n) is 18.9. The van der Waals surface area contributed by atoms with Gasteiger partial charge in [0, 0.05) is 17.6 Å². The van der Waals surface area contributed by atoms with E-state index in [9.17, 15) is 4.79 Å². The third-order valence-electron chi connectivity index (χ3n) is 5.04. The summed E-state index contributed by atoms with van der Waals surface area (Å²) in [5.74, 6) is 2.64. The fourth-order valence-corrected chi connectivity index (χ4v) is 4.14. The quantitative estimate of drug-likeness (QED) is 0.341. The zero-order valence-corrected chi connectivity index (χ0v) is 20.4. The van der Waals surface area contributed by atoms with Gasteiger partial charge in [-0.2, -0.15) is 0 Å². The van der Waals surface area contributed by atoms with Crippen LogP contribution in [0.1, 0.15) is 30.2 Å². The first-order chi connectivity index (χ1) is 16.4. The Morgan fingerprint density at radius 2 is 1.85 bits per heavy atom. The van der Waals surface area contributed by atoms with Crippen LogP contribution in [0.5, 0.6) is 5.75 Å². The summed E-state index contributed by atoms with van der Waals surface area (Å²) in [6.07, 6.45) is 0.265. The van der Waals surface area contributed by atoms with Crippen molar-refractivity contribution in [3.05, 3.63) is 70.8 Å². The Kier molecular flexibility index (Phi) is 7.49. The van der Waals surface area contributed by atoms with E-state index >= 15 is 0 Å². The summed E-state index contributed by atoms with van der Waals surface area (Å²) in [7, 11) is 3.47. The number of hydrogen-bond donors (Lipinski definition) is 1. The fourth-order valence-electron chi connectivity index (χ4n) is 3.26. The first-order valence-electron chi connectivity index (χ1n) is 10.5. The molecule has 34 heavy (non-hydrogen) atoms. The minimum Gasteiger partial charge on any atom is -0.497 e. The fraction of sp³-hybridized carbons (Fsp3) is 0.261. The number of thioether (sulfide) groups is 1. The molecule has 1 atom stereocenters. The van der Waals surface area contributed by atoms with Crippen LogP contribution in [0.3, 0.4) is 0 Å². The third kappa shape index (κ3) is 5.75. The highest BCUT2D eigenvalue weighted by Crippen LogP contribution is 2.25. The second kappa shape index (κ2) is 10.7. The molecule has 1 unspecified atom stereocenters. The van der Waals surface area contributed by atoms with Gasteiger partial charge in [0.15, 0.2) is 11.0 Å². The van der Waals surface area contributed by atoms with Gasteiger partial charge in [0.25, 0.3) is 0 Å². The second-order valence-electron chi connectivity index (χ2n) is 7.51. The maximum atomic E-state index is 12.5. The van der Waals surface area contributed by atoms with Gasteiger partial charge in [-0.3, -0.25) is 4.79 Å². The molecule has 0 aliphatic rings. The van der Waals surface area contributed by atoms with Crippen molar-refractivity contribution < 1.29 is 13.9 Å². The molecule has 2 heterocycles. The van der Waals surface area contributed by atoms with Crippen LogP contribution in [0.4, 0.5) is 0 Å². The smallest absolute Gasteiger partial charge is 0.247 e. The van der Waals surface area contributed by atoms with Gasteiger partial charge in [-0.25, -0.2) is 0 Å². The number of hydrogen-bond acceptors (Lipinski definition) is 8. The first kappa shape index (κ1) is 23.8. The number of rotatable bonds is 9. The van der Waals surface area contributed by atoms with Crippen LogP contribution in [0.2, 0.25) is 5.02 Å². The van der Waals surface area contributed by atoms with Gasteiger partial charge < -0.3 is 19.0 Å². The van der Waals surface area contributed by atoms with Crippen molar-refractivity contribution in [1.29, 1.82) is 0 Å². The molecule has 0 saturated carbocycles. The minimum atomic E-state index is -0.308. The summed E-state index contributed by atoms with van der Waals surface area (Å²) >= 11 is 7.34. The normalized spacial score (nSPS) is 11.9. The van der Waals surface area contributed by atoms with E-state index in [2.05, 4.69) is 25.7 Å². The predicted molar refractivity (Wildman–Crippen MR) is 129 cm³/mol. The lowest BCUT2D eigenvalue weighted by Crippen LogP contribution is -2.29. The molecular weight excluding hydrogens is 476 g/mol. The number of carbonyl (C=O) groups is 1. The van der Waals surface area contributed by atoms with Gasteiger partial charge in [0.2, 0.25) is 17.7 Å². The van der Waals surface area contributed by atoms with Gasteiger partial charge in [0.1, 0.15) is 5.75 Å².